The van der Waals surface area contributed by atoms with Crippen molar-refractivity contribution in [1.82, 2.24) is 10.2 Å². The first-order valence-corrected chi connectivity index (χ1v) is 8.80. The predicted molar refractivity (Wildman–Crippen MR) is 90.5 cm³/mol. The summed E-state index contributed by atoms with van der Waals surface area (Å²) in [5, 5.41) is 7.61. The van der Waals surface area contributed by atoms with E-state index in [-0.39, 0.29) is 5.91 Å². The highest BCUT2D eigenvalue weighted by molar-refractivity contribution is 5.84. The average Bonchev–Trinajstić information content (AvgIpc) is 3.18. The van der Waals surface area contributed by atoms with Gasteiger partial charge in [-0.1, -0.05) is 5.16 Å². The Hall–Kier alpha value is -1.14. The SMILES string of the molecule is COCCO/N=C(\C)[C@H]1CC[C@@H](NCC(=O)N2CCC[C@H]2C)C1. The zero-order valence-electron chi connectivity index (χ0n) is 14.7. The maximum Gasteiger partial charge on any atom is 0.236 e. The number of methoxy groups -OCH3 is 1. The van der Waals surface area contributed by atoms with Crippen LogP contribution in [0.1, 0.15) is 46.0 Å². The van der Waals surface area contributed by atoms with Crippen molar-refractivity contribution >= 4 is 11.6 Å². The number of nitrogens with one attached hydrogen (secondary N) is 1. The van der Waals surface area contributed by atoms with Gasteiger partial charge in [-0.25, -0.2) is 0 Å². The van der Waals surface area contributed by atoms with E-state index in [1.165, 1.54) is 0 Å². The summed E-state index contributed by atoms with van der Waals surface area (Å²) in [6.45, 7) is 6.59. The average molecular weight is 325 g/mol. The molecule has 1 aliphatic heterocycles. The molecule has 2 rings (SSSR count). The molecule has 6 nitrogen and oxygen atoms in total. The lowest BCUT2D eigenvalue weighted by Crippen LogP contribution is -2.42. The molecule has 1 saturated heterocycles. The van der Waals surface area contributed by atoms with E-state index < -0.39 is 0 Å². The number of rotatable bonds is 8. The zero-order chi connectivity index (χ0) is 16.7. The molecule has 2 fully saturated rings. The number of amides is 1. The van der Waals surface area contributed by atoms with Gasteiger partial charge in [0.1, 0.15) is 6.61 Å². The number of nitrogens with zero attached hydrogens (tertiary/aromatic N) is 2. The van der Waals surface area contributed by atoms with Crippen molar-refractivity contribution in [3.8, 4) is 0 Å². The van der Waals surface area contributed by atoms with E-state index in [0.29, 0.717) is 37.8 Å². The highest BCUT2D eigenvalue weighted by Crippen LogP contribution is 2.27. The maximum atomic E-state index is 12.2. The molecule has 0 aromatic rings. The highest BCUT2D eigenvalue weighted by Gasteiger charge is 2.29. The molecule has 0 spiro atoms. The van der Waals surface area contributed by atoms with Crippen molar-refractivity contribution in [2.45, 2.75) is 58.0 Å². The van der Waals surface area contributed by atoms with Gasteiger partial charge >= 0.3 is 0 Å². The molecule has 0 aromatic heterocycles. The zero-order valence-corrected chi connectivity index (χ0v) is 14.7. The monoisotopic (exact) mass is 325 g/mol. The normalized spacial score (nSPS) is 28.4. The summed E-state index contributed by atoms with van der Waals surface area (Å²) >= 11 is 0. The third-order valence-corrected chi connectivity index (χ3v) is 5.03. The predicted octanol–water partition coefficient (Wildman–Crippen LogP) is 1.79. The number of hydrogen-bond donors (Lipinski definition) is 1. The topological polar surface area (TPSA) is 63.2 Å². The van der Waals surface area contributed by atoms with Gasteiger partial charge in [-0.05, 0) is 46.0 Å². The van der Waals surface area contributed by atoms with Gasteiger partial charge in [-0.2, -0.15) is 0 Å². The van der Waals surface area contributed by atoms with Crippen molar-refractivity contribution in [2.24, 2.45) is 11.1 Å². The second-order valence-corrected chi connectivity index (χ2v) is 6.72. The first-order valence-electron chi connectivity index (χ1n) is 8.80. The van der Waals surface area contributed by atoms with Crippen LogP contribution in [-0.2, 0) is 14.4 Å². The van der Waals surface area contributed by atoms with Gasteiger partial charge in [-0.3, -0.25) is 4.79 Å². The fraction of sp³-hybridized carbons (Fsp3) is 0.882. The summed E-state index contributed by atoms with van der Waals surface area (Å²) in [7, 11) is 1.65. The molecule has 6 heteroatoms. The van der Waals surface area contributed by atoms with Gasteiger partial charge in [0.25, 0.3) is 0 Å². The summed E-state index contributed by atoms with van der Waals surface area (Å²) in [6.07, 6.45) is 5.51. The summed E-state index contributed by atoms with van der Waals surface area (Å²) < 4.78 is 4.93. The van der Waals surface area contributed by atoms with Gasteiger partial charge in [0.15, 0.2) is 0 Å². The largest absolute Gasteiger partial charge is 0.393 e. The van der Waals surface area contributed by atoms with Crippen LogP contribution in [0.3, 0.4) is 0 Å². The van der Waals surface area contributed by atoms with Crippen LogP contribution >= 0.6 is 0 Å². The molecule has 0 bridgehead atoms. The molecular weight excluding hydrogens is 294 g/mol. The van der Waals surface area contributed by atoms with Crippen molar-refractivity contribution in [3.63, 3.8) is 0 Å². The van der Waals surface area contributed by atoms with Crippen LogP contribution in [0.2, 0.25) is 0 Å². The van der Waals surface area contributed by atoms with Gasteiger partial charge < -0.3 is 19.8 Å². The first kappa shape index (κ1) is 18.2. The third-order valence-electron chi connectivity index (χ3n) is 5.03. The number of likely N-dealkylation sites (tertiary alicyclic amines) is 1. The summed E-state index contributed by atoms with van der Waals surface area (Å²) in [5.74, 6) is 0.697. The quantitative estimate of drug-likeness (QED) is 0.420. The molecule has 132 valence electrons. The summed E-state index contributed by atoms with van der Waals surface area (Å²) in [5.41, 5.74) is 1.05. The van der Waals surface area contributed by atoms with Gasteiger partial charge in [0, 0.05) is 31.7 Å². The Bertz CT molecular complexity index is 414. The Balaban J connectivity index is 1.67. The smallest absolute Gasteiger partial charge is 0.236 e. The highest BCUT2D eigenvalue weighted by atomic mass is 16.6. The van der Waals surface area contributed by atoms with E-state index >= 15 is 0 Å². The van der Waals surface area contributed by atoms with Gasteiger partial charge in [-0.15, -0.1) is 0 Å². The minimum atomic E-state index is 0.242. The van der Waals surface area contributed by atoms with E-state index in [4.69, 9.17) is 9.57 Å². The second kappa shape index (κ2) is 9.23. The fourth-order valence-electron chi connectivity index (χ4n) is 3.53. The van der Waals surface area contributed by atoms with Crippen LogP contribution in [0, 0.1) is 5.92 Å². The molecule has 1 saturated carbocycles. The van der Waals surface area contributed by atoms with E-state index in [1.54, 1.807) is 7.11 Å². The number of hydrogen-bond acceptors (Lipinski definition) is 5. The van der Waals surface area contributed by atoms with Crippen LogP contribution in [-0.4, -0.2) is 62.0 Å². The molecule has 3 atom stereocenters. The van der Waals surface area contributed by atoms with Crippen molar-refractivity contribution in [2.75, 3.05) is 33.4 Å². The number of carbonyl (C=O) groups excluding carboxylic acids is 1. The molecule has 1 heterocycles. The molecule has 2 aliphatic rings. The molecular formula is C17H31N3O3. The minimum absolute atomic E-state index is 0.242. The van der Waals surface area contributed by atoms with E-state index in [9.17, 15) is 4.79 Å². The lowest BCUT2D eigenvalue weighted by Gasteiger charge is -2.22. The van der Waals surface area contributed by atoms with Gasteiger partial charge in [0.05, 0.1) is 18.9 Å². The number of ether oxygens (including phenoxy) is 1. The number of carbonyl (C=O) groups is 1. The van der Waals surface area contributed by atoms with Crippen LogP contribution in [0.5, 0.6) is 0 Å². The molecule has 1 amide bonds. The van der Waals surface area contributed by atoms with E-state index in [0.717, 1.165) is 44.4 Å². The van der Waals surface area contributed by atoms with Crippen LogP contribution in [0.4, 0.5) is 0 Å². The summed E-state index contributed by atoms with van der Waals surface area (Å²) in [4.78, 5) is 19.5. The van der Waals surface area contributed by atoms with Crippen molar-refractivity contribution in [3.05, 3.63) is 0 Å². The molecule has 1 N–H and O–H groups in total. The first-order chi connectivity index (χ1) is 11.1. The van der Waals surface area contributed by atoms with Crippen LogP contribution in [0.25, 0.3) is 0 Å². The van der Waals surface area contributed by atoms with Gasteiger partial charge in [0.2, 0.25) is 5.91 Å². The molecule has 23 heavy (non-hydrogen) atoms. The third kappa shape index (κ3) is 5.46. The fourth-order valence-corrected chi connectivity index (χ4v) is 3.53. The van der Waals surface area contributed by atoms with Crippen LogP contribution < -0.4 is 5.32 Å². The Morgan fingerprint density at radius 3 is 2.83 bits per heavy atom. The molecule has 0 radical (unpaired) electrons. The van der Waals surface area contributed by atoms with E-state index in [2.05, 4.69) is 17.4 Å². The Kier molecular flexibility index (Phi) is 7.30. The number of oxime groups is 1. The Morgan fingerprint density at radius 1 is 1.30 bits per heavy atom. The van der Waals surface area contributed by atoms with E-state index in [1.807, 2.05) is 11.8 Å². The second-order valence-electron chi connectivity index (χ2n) is 6.72. The molecule has 0 unspecified atom stereocenters. The summed E-state index contributed by atoms with van der Waals surface area (Å²) in [6, 6.07) is 0.810. The standard InChI is InChI=1S/C17H31N3O3/c1-13-5-4-8-20(13)17(21)12-18-16-7-6-15(11-16)14(2)19-23-10-9-22-3/h13,15-16,18H,4-12H2,1-3H3/b19-14+/t13-,15+,16-/m1/s1. The minimum Gasteiger partial charge on any atom is -0.393 e. The Labute approximate surface area is 139 Å². The van der Waals surface area contributed by atoms with Crippen molar-refractivity contribution in [1.29, 1.82) is 0 Å². The molecule has 0 aromatic carbocycles. The maximum absolute atomic E-state index is 12.2. The van der Waals surface area contributed by atoms with Crippen LogP contribution in [0.15, 0.2) is 5.16 Å². The lowest BCUT2D eigenvalue weighted by atomic mass is 10.0. The molecule has 1 aliphatic carbocycles. The Morgan fingerprint density at radius 2 is 2.13 bits per heavy atom. The van der Waals surface area contributed by atoms with Crippen molar-refractivity contribution < 1.29 is 14.4 Å². The lowest BCUT2D eigenvalue weighted by molar-refractivity contribution is -0.130.